The summed E-state index contributed by atoms with van der Waals surface area (Å²) >= 11 is 0. The van der Waals surface area contributed by atoms with Gasteiger partial charge in [0.15, 0.2) is 17.4 Å². The molecule has 3 fully saturated rings. The predicted molar refractivity (Wildman–Crippen MR) is 96.6 cm³/mol. The standard InChI is InChI=1S/C20H36O6/c1-17(2,3)10-12-14(24-19(6,7)22-12)16-15(25-20(8,9)26-16)13-11-21-18(4,5)23-13/h12-16H,10-11H2,1-9H3/t12-,13+,14-,15+,16+/m0/s1. The molecule has 0 bridgehead atoms. The van der Waals surface area contributed by atoms with E-state index in [-0.39, 0.29) is 35.9 Å². The van der Waals surface area contributed by atoms with Gasteiger partial charge in [-0.1, -0.05) is 20.8 Å². The summed E-state index contributed by atoms with van der Waals surface area (Å²) < 4.78 is 36.9. The van der Waals surface area contributed by atoms with Crippen LogP contribution in [0.15, 0.2) is 0 Å². The monoisotopic (exact) mass is 372 g/mol. The Bertz CT molecular complexity index is 521. The Morgan fingerprint density at radius 3 is 1.77 bits per heavy atom. The molecule has 0 spiro atoms. The van der Waals surface area contributed by atoms with Gasteiger partial charge < -0.3 is 28.4 Å². The molecule has 3 aliphatic rings. The second kappa shape index (κ2) is 6.39. The number of hydrogen-bond acceptors (Lipinski definition) is 6. The molecular weight excluding hydrogens is 336 g/mol. The third kappa shape index (κ3) is 4.59. The largest absolute Gasteiger partial charge is 0.348 e. The molecule has 0 saturated carbocycles. The summed E-state index contributed by atoms with van der Waals surface area (Å²) in [7, 11) is 0. The summed E-state index contributed by atoms with van der Waals surface area (Å²) in [5.41, 5.74) is 0.117. The van der Waals surface area contributed by atoms with E-state index in [9.17, 15) is 0 Å². The van der Waals surface area contributed by atoms with E-state index in [4.69, 9.17) is 28.4 Å². The Balaban J connectivity index is 1.83. The number of hydrogen-bond donors (Lipinski definition) is 0. The Morgan fingerprint density at radius 1 is 0.692 bits per heavy atom. The van der Waals surface area contributed by atoms with Gasteiger partial charge in [0.2, 0.25) is 0 Å². The maximum Gasteiger partial charge on any atom is 0.164 e. The van der Waals surface area contributed by atoms with E-state index in [1.54, 1.807) is 0 Å². The molecule has 3 saturated heterocycles. The molecular formula is C20H36O6. The van der Waals surface area contributed by atoms with E-state index in [0.29, 0.717) is 6.61 Å². The highest BCUT2D eigenvalue weighted by Gasteiger charge is 2.57. The molecule has 0 amide bonds. The summed E-state index contributed by atoms with van der Waals surface area (Å²) in [4.78, 5) is 0. The van der Waals surface area contributed by atoms with Crippen molar-refractivity contribution >= 4 is 0 Å². The first kappa shape index (κ1) is 20.5. The van der Waals surface area contributed by atoms with Crippen LogP contribution in [0.3, 0.4) is 0 Å². The van der Waals surface area contributed by atoms with E-state index in [2.05, 4.69) is 20.8 Å². The smallest absolute Gasteiger partial charge is 0.164 e. The molecule has 0 radical (unpaired) electrons. The average molecular weight is 373 g/mol. The van der Waals surface area contributed by atoms with E-state index in [1.165, 1.54) is 0 Å². The predicted octanol–water partition coefficient (Wildman–Crippen LogP) is 3.61. The SMILES string of the molecule is CC(C)(C)C[C@@H]1OC(C)(C)O[C@@H]1[C@H]1OC(C)(C)O[C@@H]1[C@H]1COC(C)(C)O1. The molecule has 0 aromatic carbocycles. The molecule has 0 aliphatic carbocycles. The van der Waals surface area contributed by atoms with Crippen LogP contribution in [0.5, 0.6) is 0 Å². The van der Waals surface area contributed by atoms with Crippen LogP contribution < -0.4 is 0 Å². The van der Waals surface area contributed by atoms with Gasteiger partial charge in [-0.05, 0) is 53.4 Å². The molecule has 0 N–H and O–H groups in total. The van der Waals surface area contributed by atoms with Gasteiger partial charge in [-0.3, -0.25) is 0 Å². The molecule has 6 heteroatoms. The minimum Gasteiger partial charge on any atom is -0.348 e. The lowest BCUT2D eigenvalue weighted by atomic mass is 9.85. The van der Waals surface area contributed by atoms with Crippen LogP contribution in [0, 0.1) is 5.41 Å². The zero-order valence-corrected chi connectivity index (χ0v) is 17.8. The molecule has 152 valence electrons. The maximum atomic E-state index is 6.30. The fourth-order valence-corrected chi connectivity index (χ4v) is 4.14. The van der Waals surface area contributed by atoms with Crippen molar-refractivity contribution < 1.29 is 28.4 Å². The lowest BCUT2D eigenvalue weighted by Gasteiger charge is -2.31. The fourth-order valence-electron chi connectivity index (χ4n) is 4.14. The second-order valence-corrected chi connectivity index (χ2v) is 10.3. The van der Waals surface area contributed by atoms with Crippen LogP contribution in [0.2, 0.25) is 0 Å². The van der Waals surface area contributed by atoms with Crippen LogP contribution in [0.25, 0.3) is 0 Å². The van der Waals surface area contributed by atoms with Crippen molar-refractivity contribution in [1.29, 1.82) is 0 Å². The molecule has 3 heterocycles. The molecule has 3 rings (SSSR count). The van der Waals surface area contributed by atoms with Gasteiger partial charge in [0.05, 0.1) is 12.7 Å². The zero-order chi connectivity index (χ0) is 19.5. The normalized spacial score (nSPS) is 41.7. The summed E-state index contributed by atoms with van der Waals surface area (Å²) in [5, 5.41) is 0. The van der Waals surface area contributed by atoms with Gasteiger partial charge in [0.1, 0.15) is 24.4 Å². The first-order valence-corrected chi connectivity index (χ1v) is 9.70. The van der Waals surface area contributed by atoms with Crippen molar-refractivity contribution in [2.45, 2.75) is 117 Å². The molecule has 26 heavy (non-hydrogen) atoms. The van der Waals surface area contributed by atoms with Crippen molar-refractivity contribution in [3.8, 4) is 0 Å². The molecule has 0 aromatic heterocycles. The highest BCUT2D eigenvalue weighted by atomic mass is 16.8. The molecule has 5 atom stereocenters. The van der Waals surface area contributed by atoms with Gasteiger partial charge >= 0.3 is 0 Å². The van der Waals surface area contributed by atoms with Crippen molar-refractivity contribution in [1.82, 2.24) is 0 Å². The number of ether oxygens (including phenoxy) is 6. The van der Waals surface area contributed by atoms with E-state index in [1.807, 2.05) is 41.5 Å². The minimum absolute atomic E-state index is 0.0645. The van der Waals surface area contributed by atoms with Gasteiger partial charge in [-0.25, -0.2) is 0 Å². The van der Waals surface area contributed by atoms with Gasteiger partial charge in [-0.2, -0.15) is 0 Å². The van der Waals surface area contributed by atoms with Crippen LogP contribution in [-0.2, 0) is 28.4 Å². The Labute approximate surface area is 157 Å². The minimum atomic E-state index is -0.701. The Kier molecular flexibility index (Phi) is 5.04. The van der Waals surface area contributed by atoms with Gasteiger partial charge in [0, 0.05) is 0 Å². The summed E-state index contributed by atoms with van der Waals surface area (Å²) in [5.74, 6) is -1.95. The van der Waals surface area contributed by atoms with Crippen LogP contribution >= 0.6 is 0 Å². The first-order chi connectivity index (χ1) is 11.7. The van der Waals surface area contributed by atoms with E-state index >= 15 is 0 Å². The van der Waals surface area contributed by atoms with Crippen molar-refractivity contribution in [3.63, 3.8) is 0 Å². The molecule has 0 unspecified atom stereocenters. The van der Waals surface area contributed by atoms with Gasteiger partial charge in [0.25, 0.3) is 0 Å². The van der Waals surface area contributed by atoms with Crippen LogP contribution in [0.1, 0.15) is 68.7 Å². The third-order valence-corrected chi connectivity index (χ3v) is 4.92. The van der Waals surface area contributed by atoms with Crippen LogP contribution in [0.4, 0.5) is 0 Å². The topological polar surface area (TPSA) is 55.4 Å². The third-order valence-electron chi connectivity index (χ3n) is 4.92. The summed E-state index contributed by atoms with van der Waals surface area (Å²) in [6, 6.07) is 0. The Hall–Kier alpha value is -0.240. The fraction of sp³-hybridized carbons (Fsp3) is 1.00. The molecule has 6 nitrogen and oxygen atoms in total. The van der Waals surface area contributed by atoms with Crippen molar-refractivity contribution in [2.24, 2.45) is 5.41 Å². The van der Waals surface area contributed by atoms with Crippen LogP contribution in [-0.4, -0.2) is 54.5 Å². The quantitative estimate of drug-likeness (QED) is 0.754. The van der Waals surface area contributed by atoms with Crippen molar-refractivity contribution in [3.05, 3.63) is 0 Å². The summed E-state index contributed by atoms with van der Waals surface area (Å²) in [6.07, 6.45) is -0.145. The highest BCUT2D eigenvalue weighted by molar-refractivity contribution is 5.00. The van der Waals surface area contributed by atoms with Gasteiger partial charge in [-0.15, -0.1) is 0 Å². The number of rotatable bonds is 3. The second-order valence-electron chi connectivity index (χ2n) is 10.3. The summed E-state index contributed by atoms with van der Waals surface area (Å²) in [6.45, 7) is 18.7. The van der Waals surface area contributed by atoms with E-state index in [0.717, 1.165) is 6.42 Å². The Morgan fingerprint density at radius 2 is 1.23 bits per heavy atom. The average Bonchev–Trinajstić information content (AvgIpc) is 3.01. The molecule has 0 aromatic rings. The lowest BCUT2D eigenvalue weighted by molar-refractivity contribution is -0.178. The zero-order valence-electron chi connectivity index (χ0n) is 17.8. The highest BCUT2D eigenvalue weighted by Crippen LogP contribution is 2.43. The van der Waals surface area contributed by atoms with Crippen molar-refractivity contribution in [2.75, 3.05) is 6.61 Å². The van der Waals surface area contributed by atoms with E-state index < -0.39 is 17.4 Å². The lowest BCUT2D eigenvalue weighted by Crippen LogP contribution is -2.48. The molecule has 3 aliphatic heterocycles. The first-order valence-electron chi connectivity index (χ1n) is 9.70. The maximum absolute atomic E-state index is 6.30.